The van der Waals surface area contributed by atoms with Crippen LogP contribution in [0.4, 0.5) is 0 Å². The molecule has 1 heterocycles. The minimum atomic E-state index is 0.260. The van der Waals surface area contributed by atoms with Crippen molar-refractivity contribution >= 4 is 0 Å². The molecule has 1 saturated heterocycles. The highest BCUT2D eigenvalue weighted by Gasteiger charge is 2.30. The quantitative estimate of drug-likeness (QED) is 0.760. The van der Waals surface area contributed by atoms with E-state index in [9.17, 15) is 0 Å². The Bertz CT molecular complexity index is 243. The Morgan fingerprint density at radius 1 is 1.11 bits per heavy atom. The van der Waals surface area contributed by atoms with Gasteiger partial charge in [0.2, 0.25) is 0 Å². The highest BCUT2D eigenvalue weighted by atomic mass is 15.3. The number of hydrogen-bond acceptors (Lipinski definition) is 3. The molecule has 1 fully saturated rings. The second kappa shape index (κ2) is 6.36. The van der Waals surface area contributed by atoms with Crippen molar-refractivity contribution in [2.45, 2.75) is 58.5 Å². The van der Waals surface area contributed by atoms with Crippen molar-refractivity contribution in [3.05, 3.63) is 0 Å². The Hall–Kier alpha value is -0.120. The zero-order valence-electron chi connectivity index (χ0n) is 13.3. The molecule has 0 spiro atoms. The van der Waals surface area contributed by atoms with Crippen LogP contribution in [0.1, 0.15) is 47.5 Å². The van der Waals surface area contributed by atoms with Gasteiger partial charge in [-0.2, -0.15) is 0 Å². The fourth-order valence-electron chi connectivity index (χ4n) is 2.46. The first-order valence-electron chi connectivity index (χ1n) is 7.39. The van der Waals surface area contributed by atoms with Gasteiger partial charge in [-0.1, -0.05) is 0 Å². The van der Waals surface area contributed by atoms with E-state index in [0.717, 1.165) is 6.54 Å². The zero-order chi connectivity index (χ0) is 13.8. The van der Waals surface area contributed by atoms with Crippen LogP contribution < -0.4 is 5.32 Å². The maximum Gasteiger partial charge on any atom is 0.0277 e. The van der Waals surface area contributed by atoms with E-state index in [-0.39, 0.29) is 5.54 Å². The van der Waals surface area contributed by atoms with Crippen LogP contribution in [0.5, 0.6) is 0 Å². The first-order chi connectivity index (χ1) is 8.21. The fourth-order valence-corrected chi connectivity index (χ4v) is 2.46. The lowest BCUT2D eigenvalue weighted by atomic mass is 9.99. The summed E-state index contributed by atoms with van der Waals surface area (Å²) < 4.78 is 0. The Kier molecular flexibility index (Phi) is 5.63. The van der Waals surface area contributed by atoms with E-state index in [1.807, 2.05) is 0 Å². The molecule has 0 aromatic heterocycles. The van der Waals surface area contributed by atoms with Crippen molar-refractivity contribution < 1.29 is 0 Å². The molecule has 0 atom stereocenters. The third-order valence-corrected chi connectivity index (χ3v) is 3.95. The van der Waals surface area contributed by atoms with Gasteiger partial charge in [-0.25, -0.2) is 0 Å². The van der Waals surface area contributed by atoms with E-state index in [1.54, 1.807) is 0 Å². The van der Waals surface area contributed by atoms with Gasteiger partial charge in [-0.3, -0.25) is 4.90 Å². The van der Waals surface area contributed by atoms with Crippen molar-refractivity contribution in [2.75, 3.05) is 39.8 Å². The number of unbranched alkanes of at least 4 members (excludes halogenated alkanes) is 1. The Morgan fingerprint density at radius 3 is 2.33 bits per heavy atom. The molecule has 0 radical (unpaired) electrons. The molecular weight excluding hydrogens is 222 g/mol. The number of rotatable bonds is 5. The van der Waals surface area contributed by atoms with Gasteiger partial charge < -0.3 is 10.2 Å². The topological polar surface area (TPSA) is 18.5 Å². The minimum absolute atomic E-state index is 0.260. The van der Waals surface area contributed by atoms with Crippen LogP contribution in [0.15, 0.2) is 0 Å². The Labute approximate surface area is 114 Å². The average molecular weight is 255 g/mol. The highest BCUT2D eigenvalue weighted by molar-refractivity contribution is 4.88. The van der Waals surface area contributed by atoms with Crippen molar-refractivity contribution in [1.29, 1.82) is 0 Å². The van der Waals surface area contributed by atoms with E-state index >= 15 is 0 Å². The fraction of sp³-hybridized carbons (Fsp3) is 1.00. The van der Waals surface area contributed by atoms with E-state index in [2.05, 4.69) is 56.8 Å². The van der Waals surface area contributed by atoms with Gasteiger partial charge in [0.15, 0.2) is 0 Å². The number of piperazine rings is 1. The molecule has 0 aliphatic carbocycles. The Morgan fingerprint density at radius 2 is 1.78 bits per heavy atom. The summed E-state index contributed by atoms with van der Waals surface area (Å²) in [4.78, 5) is 5.10. The van der Waals surface area contributed by atoms with Gasteiger partial charge in [0.1, 0.15) is 0 Å². The van der Waals surface area contributed by atoms with E-state index in [4.69, 9.17) is 0 Å². The Balaban J connectivity index is 2.13. The lowest BCUT2D eigenvalue weighted by Gasteiger charge is -2.45. The molecule has 0 bridgehead atoms. The molecule has 1 aliphatic rings. The van der Waals surface area contributed by atoms with E-state index < -0.39 is 0 Å². The van der Waals surface area contributed by atoms with Gasteiger partial charge in [-0.15, -0.1) is 0 Å². The molecule has 1 N–H and O–H groups in total. The van der Waals surface area contributed by atoms with Crippen molar-refractivity contribution in [1.82, 2.24) is 15.1 Å². The molecule has 0 saturated carbocycles. The predicted molar refractivity (Wildman–Crippen MR) is 80.1 cm³/mol. The molecule has 0 aromatic carbocycles. The SMILES string of the molecule is CN1CCN(CCCCNC(C)(C)C)CC1(C)C. The number of nitrogens with zero attached hydrogens (tertiary/aromatic N) is 2. The first kappa shape index (κ1) is 15.9. The maximum atomic E-state index is 3.56. The zero-order valence-corrected chi connectivity index (χ0v) is 13.3. The van der Waals surface area contributed by atoms with Crippen LogP contribution in [-0.2, 0) is 0 Å². The summed E-state index contributed by atoms with van der Waals surface area (Å²) in [5, 5.41) is 3.56. The molecule has 108 valence electrons. The van der Waals surface area contributed by atoms with Crippen LogP contribution in [-0.4, -0.2) is 60.6 Å². The molecule has 1 aliphatic heterocycles. The molecule has 18 heavy (non-hydrogen) atoms. The van der Waals surface area contributed by atoms with Gasteiger partial charge >= 0.3 is 0 Å². The molecule has 1 rings (SSSR count). The standard InChI is InChI=1S/C15H33N3/c1-14(2,3)16-9-7-8-10-18-12-11-17(6)15(4,5)13-18/h16H,7-13H2,1-6H3. The largest absolute Gasteiger partial charge is 0.312 e. The maximum absolute atomic E-state index is 3.56. The summed E-state index contributed by atoms with van der Waals surface area (Å²) >= 11 is 0. The average Bonchev–Trinajstić information content (AvgIpc) is 2.21. The second-order valence-electron chi connectivity index (χ2n) is 7.39. The lowest BCUT2D eigenvalue weighted by Crippen LogP contribution is -2.57. The molecule has 3 nitrogen and oxygen atoms in total. The summed E-state index contributed by atoms with van der Waals surface area (Å²) in [5.41, 5.74) is 0.595. The predicted octanol–water partition coefficient (Wildman–Crippen LogP) is 2.18. The minimum Gasteiger partial charge on any atom is -0.312 e. The first-order valence-corrected chi connectivity index (χ1v) is 7.39. The summed E-state index contributed by atoms with van der Waals surface area (Å²) in [7, 11) is 2.24. The van der Waals surface area contributed by atoms with Crippen molar-refractivity contribution in [3.63, 3.8) is 0 Å². The number of nitrogens with one attached hydrogen (secondary N) is 1. The molecule has 0 unspecified atom stereocenters. The number of likely N-dealkylation sites (N-methyl/N-ethyl adjacent to an activating group) is 1. The van der Waals surface area contributed by atoms with E-state index in [1.165, 1.54) is 39.0 Å². The monoisotopic (exact) mass is 255 g/mol. The van der Waals surface area contributed by atoms with Crippen molar-refractivity contribution in [3.8, 4) is 0 Å². The summed E-state index contributed by atoms with van der Waals surface area (Å²) in [6.45, 7) is 17.4. The number of hydrogen-bond donors (Lipinski definition) is 1. The van der Waals surface area contributed by atoms with Gasteiger partial charge in [0.25, 0.3) is 0 Å². The lowest BCUT2D eigenvalue weighted by molar-refractivity contribution is 0.0393. The molecule has 0 aromatic rings. The summed E-state index contributed by atoms with van der Waals surface area (Å²) in [5.74, 6) is 0. The van der Waals surface area contributed by atoms with Crippen LogP contribution in [0.25, 0.3) is 0 Å². The highest BCUT2D eigenvalue weighted by Crippen LogP contribution is 2.18. The van der Waals surface area contributed by atoms with Gasteiger partial charge in [0, 0.05) is 30.7 Å². The van der Waals surface area contributed by atoms with Crippen molar-refractivity contribution in [2.24, 2.45) is 0 Å². The summed E-state index contributed by atoms with van der Waals surface area (Å²) in [6.07, 6.45) is 2.59. The molecule has 3 heteroatoms. The van der Waals surface area contributed by atoms with Crippen LogP contribution in [0.2, 0.25) is 0 Å². The molecular formula is C15H33N3. The van der Waals surface area contributed by atoms with E-state index in [0.29, 0.717) is 5.54 Å². The third-order valence-electron chi connectivity index (χ3n) is 3.95. The van der Waals surface area contributed by atoms with Crippen LogP contribution in [0.3, 0.4) is 0 Å². The smallest absolute Gasteiger partial charge is 0.0277 e. The third kappa shape index (κ3) is 5.68. The van der Waals surface area contributed by atoms with Crippen LogP contribution in [0, 0.1) is 0 Å². The van der Waals surface area contributed by atoms with Crippen LogP contribution >= 0.6 is 0 Å². The molecule has 0 amide bonds. The van der Waals surface area contributed by atoms with Gasteiger partial charge in [0.05, 0.1) is 0 Å². The van der Waals surface area contributed by atoms with Gasteiger partial charge in [-0.05, 0) is 67.6 Å². The normalized spacial score (nSPS) is 22.3. The summed E-state index contributed by atoms with van der Waals surface area (Å²) in [6, 6.07) is 0. The second-order valence-corrected chi connectivity index (χ2v) is 7.39.